The molecule has 0 saturated heterocycles. The average molecular weight is 516 g/mol. The van der Waals surface area contributed by atoms with Gasteiger partial charge in [0.1, 0.15) is 16.7 Å². The van der Waals surface area contributed by atoms with Crippen LogP contribution in [0.3, 0.4) is 0 Å². The van der Waals surface area contributed by atoms with E-state index in [-0.39, 0.29) is 18.8 Å². The highest BCUT2D eigenvalue weighted by Crippen LogP contribution is 2.33. The number of benzene rings is 1. The monoisotopic (exact) mass is 515 g/mol. The molecule has 0 radical (unpaired) electrons. The number of nitrogens with zero attached hydrogens (tertiary/aromatic N) is 2. The number of thiophene rings is 1. The van der Waals surface area contributed by atoms with Gasteiger partial charge in [-0.15, -0.1) is 11.3 Å². The molecule has 9 nitrogen and oxygen atoms in total. The van der Waals surface area contributed by atoms with Crippen LogP contribution in [-0.2, 0) is 14.3 Å². The summed E-state index contributed by atoms with van der Waals surface area (Å²) in [5, 5.41) is 13.1. The molecule has 3 rings (SSSR count). The minimum atomic E-state index is -0.941. The highest BCUT2D eigenvalue weighted by atomic mass is 35.5. The Bertz CT molecular complexity index is 1340. The molecule has 0 aliphatic heterocycles. The first-order valence-electron chi connectivity index (χ1n) is 10.3. The van der Waals surface area contributed by atoms with Crippen molar-refractivity contribution >= 4 is 39.8 Å². The van der Waals surface area contributed by atoms with Crippen molar-refractivity contribution in [2.75, 3.05) is 33.3 Å². The first kappa shape index (κ1) is 26.0. The van der Waals surface area contributed by atoms with E-state index >= 15 is 0 Å². The van der Waals surface area contributed by atoms with Crippen LogP contribution in [-0.4, -0.2) is 44.4 Å². The molecule has 1 aromatic carbocycles. The molecule has 0 saturated carbocycles. The van der Waals surface area contributed by atoms with Gasteiger partial charge in [-0.05, 0) is 30.3 Å². The number of halogens is 1. The zero-order valence-corrected chi connectivity index (χ0v) is 20.7. The van der Waals surface area contributed by atoms with Crippen LogP contribution in [0.15, 0.2) is 47.4 Å². The van der Waals surface area contributed by atoms with Crippen molar-refractivity contribution in [2.24, 2.45) is 0 Å². The number of aromatic nitrogens is 1. The van der Waals surface area contributed by atoms with Crippen LogP contribution in [0.2, 0.25) is 5.02 Å². The van der Waals surface area contributed by atoms with Crippen LogP contribution in [0.25, 0.3) is 11.1 Å². The fourth-order valence-electron chi connectivity index (χ4n) is 3.43. The lowest BCUT2D eigenvalue weighted by molar-refractivity contribution is -0.119. The maximum absolute atomic E-state index is 13.2. The number of esters is 1. The van der Waals surface area contributed by atoms with Crippen LogP contribution in [0.1, 0.15) is 27.7 Å². The second-order valence-corrected chi connectivity index (χ2v) is 8.76. The number of hydrogen-bond donors (Lipinski definition) is 1. The maximum Gasteiger partial charge on any atom is 0.348 e. The zero-order chi connectivity index (χ0) is 25.5. The van der Waals surface area contributed by atoms with E-state index in [9.17, 15) is 19.6 Å². The van der Waals surface area contributed by atoms with Crippen molar-refractivity contribution < 1.29 is 23.8 Å². The number of amides is 1. The lowest BCUT2D eigenvalue weighted by Crippen LogP contribution is -2.33. The van der Waals surface area contributed by atoms with Gasteiger partial charge in [0, 0.05) is 42.4 Å². The standard InChI is InChI=1S/C24H22ClN3O6S/c1-32-9-8-18(23(30)27-21-7-6-20(35-21)24(31)34-3)28-13-19(33-2)17(11-22(28)29)16-10-15(25)5-4-14(16)12-26/h4-7,10-11,13,18H,8-9H2,1-3H3,(H,27,30). The van der Waals surface area contributed by atoms with Gasteiger partial charge in [0.15, 0.2) is 0 Å². The summed E-state index contributed by atoms with van der Waals surface area (Å²) in [5.74, 6) is -0.707. The van der Waals surface area contributed by atoms with Gasteiger partial charge < -0.3 is 19.5 Å². The number of hydrogen-bond acceptors (Lipinski definition) is 8. The number of carbonyl (C=O) groups excluding carboxylic acids is 2. The quantitative estimate of drug-likeness (QED) is 0.426. The van der Waals surface area contributed by atoms with Gasteiger partial charge >= 0.3 is 5.97 Å². The molecule has 1 amide bonds. The SMILES string of the molecule is COCCC(C(=O)Nc1ccc(C(=O)OC)s1)n1cc(OC)c(-c2cc(Cl)ccc2C#N)cc1=O. The van der Waals surface area contributed by atoms with E-state index in [0.29, 0.717) is 31.6 Å². The summed E-state index contributed by atoms with van der Waals surface area (Å²) >= 11 is 7.17. The molecule has 0 spiro atoms. The van der Waals surface area contributed by atoms with E-state index in [0.717, 1.165) is 11.3 Å². The maximum atomic E-state index is 13.2. The van der Waals surface area contributed by atoms with E-state index in [1.54, 1.807) is 24.3 Å². The third-order valence-corrected chi connectivity index (χ3v) is 6.34. The fourth-order valence-corrected chi connectivity index (χ4v) is 4.43. The molecule has 0 fully saturated rings. The predicted octanol–water partition coefficient (Wildman–Crippen LogP) is 4.11. The molecule has 11 heteroatoms. The molecule has 0 aliphatic carbocycles. The van der Waals surface area contributed by atoms with Crippen LogP contribution < -0.4 is 15.6 Å². The molecule has 0 aliphatic rings. The number of anilines is 1. The third kappa shape index (κ3) is 5.89. The molecule has 1 N–H and O–H groups in total. The Kier molecular flexibility index (Phi) is 8.65. The first-order valence-corrected chi connectivity index (χ1v) is 11.5. The summed E-state index contributed by atoms with van der Waals surface area (Å²) < 4.78 is 16.6. The highest BCUT2D eigenvalue weighted by Gasteiger charge is 2.25. The summed E-state index contributed by atoms with van der Waals surface area (Å²) in [7, 11) is 4.19. The molecular formula is C24H22ClN3O6S. The van der Waals surface area contributed by atoms with Gasteiger partial charge in [-0.25, -0.2) is 4.79 Å². The van der Waals surface area contributed by atoms with Crippen molar-refractivity contribution in [3.63, 3.8) is 0 Å². The number of methoxy groups -OCH3 is 3. The Hall–Kier alpha value is -3.65. The third-order valence-electron chi connectivity index (χ3n) is 5.13. The molecular weight excluding hydrogens is 494 g/mol. The Labute approximate surface area is 210 Å². The Morgan fingerprint density at radius 2 is 1.94 bits per heavy atom. The number of ether oxygens (including phenoxy) is 3. The molecule has 35 heavy (non-hydrogen) atoms. The summed E-state index contributed by atoms with van der Waals surface area (Å²) in [4.78, 5) is 38.4. The second kappa shape index (κ2) is 11.7. The minimum absolute atomic E-state index is 0.195. The van der Waals surface area contributed by atoms with Gasteiger partial charge in [0.05, 0.1) is 37.1 Å². The van der Waals surface area contributed by atoms with E-state index in [4.69, 9.17) is 25.8 Å². The lowest BCUT2D eigenvalue weighted by atomic mass is 10.00. The fraction of sp³-hybridized carbons (Fsp3) is 0.250. The zero-order valence-electron chi connectivity index (χ0n) is 19.2. The molecule has 182 valence electrons. The van der Waals surface area contributed by atoms with Gasteiger partial charge in [-0.3, -0.25) is 14.2 Å². The molecule has 1 unspecified atom stereocenters. The lowest BCUT2D eigenvalue weighted by Gasteiger charge is -2.21. The summed E-state index contributed by atoms with van der Waals surface area (Å²) in [6.45, 7) is 0.208. The van der Waals surface area contributed by atoms with E-state index in [1.165, 1.54) is 44.2 Å². The average Bonchev–Trinajstić information content (AvgIpc) is 3.32. The van der Waals surface area contributed by atoms with Gasteiger partial charge in [-0.1, -0.05) is 11.6 Å². The van der Waals surface area contributed by atoms with E-state index in [1.807, 2.05) is 0 Å². The molecule has 1 atom stereocenters. The van der Waals surface area contributed by atoms with Crippen LogP contribution in [0.5, 0.6) is 5.75 Å². The van der Waals surface area contributed by atoms with Crippen molar-refractivity contribution in [3.05, 3.63) is 68.4 Å². The minimum Gasteiger partial charge on any atom is -0.495 e. The highest BCUT2D eigenvalue weighted by molar-refractivity contribution is 7.18. The smallest absolute Gasteiger partial charge is 0.348 e. The Balaban J connectivity index is 2.02. The van der Waals surface area contributed by atoms with E-state index in [2.05, 4.69) is 11.4 Å². The first-order chi connectivity index (χ1) is 16.8. The van der Waals surface area contributed by atoms with Crippen molar-refractivity contribution in [1.29, 1.82) is 5.26 Å². The summed E-state index contributed by atoms with van der Waals surface area (Å²) in [5.41, 5.74) is 0.646. The number of nitrogens with one attached hydrogen (secondary N) is 1. The van der Waals surface area contributed by atoms with Gasteiger partial charge in [0.25, 0.3) is 5.56 Å². The number of rotatable bonds is 9. The largest absolute Gasteiger partial charge is 0.495 e. The molecule has 3 aromatic rings. The molecule has 2 heterocycles. The Morgan fingerprint density at radius 3 is 2.60 bits per heavy atom. The van der Waals surface area contributed by atoms with Crippen LogP contribution in [0, 0.1) is 11.3 Å². The summed E-state index contributed by atoms with van der Waals surface area (Å²) in [6, 6.07) is 10.3. The van der Waals surface area contributed by atoms with Crippen molar-refractivity contribution in [1.82, 2.24) is 4.57 Å². The van der Waals surface area contributed by atoms with Crippen LogP contribution >= 0.6 is 22.9 Å². The molecule has 2 aromatic heterocycles. The number of nitriles is 1. The van der Waals surface area contributed by atoms with Crippen molar-refractivity contribution in [3.8, 4) is 22.9 Å². The topological polar surface area (TPSA) is 120 Å². The predicted molar refractivity (Wildman–Crippen MR) is 132 cm³/mol. The summed E-state index contributed by atoms with van der Waals surface area (Å²) in [6.07, 6.45) is 1.62. The number of carbonyl (C=O) groups is 2. The van der Waals surface area contributed by atoms with Gasteiger partial charge in [-0.2, -0.15) is 5.26 Å². The molecule has 0 bridgehead atoms. The van der Waals surface area contributed by atoms with Gasteiger partial charge in [0.2, 0.25) is 5.91 Å². The normalized spacial score (nSPS) is 11.4. The van der Waals surface area contributed by atoms with E-state index < -0.39 is 23.5 Å². The van der Waals surface area contributed by atoms with Crippen LogP contribution in [0.4, 0.5) is 5.00 Å². The number of pyridine rings is 1. The Morgan fingerprint density at radius 1 is 1.17 bits per heavy atom. The van der Waals surface area contributed by atoms with Crippen molar-refractivity contribution in [2.45, 2.75) is 12.5 Å². The second-order valence-electron chi connectivity index (χ2n) is 7.24.